The van der Waals surface area contributed by atoms with Crippen molar-refractivity contribution in [3.8, 4) is 5.75 Å². The second kappa shape index (κ2) is 7.15. The molecule has 6 heteroatoms. The van der Waals surface area contributed by atoms with Gasteiger partial charge in [-0.05, 0) is 37.1 Å². The van der Waals surface area contributed by atoms with Gasteiger partial charge in [0, 0.05) is 18.5 Å². The highest BCUT2D eigenvalue weighted by molar-refractivity contribution is 6.09. The molecule has 1 N–H and O–H groups in total. The summed E-state index contributed by atoms with van der Waals surface area (Å²) in [5, 5.41) is 3.59. The smallest absolute Gasteiger partial charge is 0.291 e. The van der Waals surface area contributed by atoms with Gasteiger partial charge in [-0.15, -0.1) is 0 Å². The molecular weight excluding hydrogens is 344 g/mol. The lowest BCUT2D eigenvalue weighted by Crippen LogP contribution is -2.28. The number of nitrogens with zero attached hydrogens (tertiary/aromatic N) is 1. The van der Waals surface area contributed by atoms with Crippen molar-refractivity contribution in [2.45, 2.75) is 12.8 Å². The quantitative estimate of drug-likeness (QED) is 0.761. The Kier molecular flexibility index (Phi) is 4.54. The molecule has 1 fully saturated rings. The van der Waals surface area contributed by atoms with E-state index in [-0.39, 0.29) is 11.7 Å². The van der Waals surface area contributed by atoms with Gasteiger partial charge < -0.3 is 19.4 Å². The number of likely N-dealkylation sites (tertiary alicyclic amines) is 1. The Morgan fingerprint density at radius 2 is 1.85 bits per heavy atom. The van der Waals surface area contributed by atoms with Crippen LogP contribution in [0.25, 0.3) is 11.0 Å². The monoisotopic (exact) mass is 364 g/mol. The van der Waals surface area contributed by atoms with Gasteiger partial charge in [-0.25, -0.2) is 0 Å². The van der Waals surface area contributed by atoms with Gasteiger partial charge >= 0.3 is 0 Å². The first kappa shape index (κ1) is 17.1. The molecule has 0 unspecified atom stereocenters. The molecule has 0 saturated carbocycles. The molecule has 27 heavy (non-hydrogen) atoms. The summed E-state index contributed by atoms with van der Waals surface area (Å²) < 4.78 is 11.0. The number of amides is 2. The van der Waals surface area contributed by atoms with Gasteiger partial charge in [0.25, 0.3) is 11.8 Å². The van der Waals surface area contributed by atoms with Crippen LogP contribution < -0.4 is 10.1 Å². The number of benzene rings is 2. The predicted octanol–water partition coefficient (Wildman–Crippen LogP) is 3.93. The number of furan rings is 1. The molecule has 0 bridgehead atoms. The van der Waals surface area contributed by atoms with E-state index < -0.39 is 5.91 Å². The molecular formula is C21H20N2O4. The highest BCUT2D eigenvalue weighted by Gasteiger charge is 2.23. The maximum Gasteiger partial charge on any atom is 0.291 e. The number of hydrogen-bond donors (Lipinski definition) is 1. The van der Waals surface area contributed by atoms with E-state index in [4.69, 9.17) is 9.15 Å². The van der Waals surface area contributed by atoms with Crippen LogP contribution in [-0.4, -0.2) is 36.9 Å². The molecule has 2 heterocycles. The topological polar surface area (TPSA) is 71.8 Å². The fourth-order valence-electron chi connectivity index (χ4n) is 3.36. The second-order valence-corrected chi connectivity index (χ2v) is 6.49. The van der Waals surface area contributed by atoms with E-state index in [2.05, 4.69) is 5.32 Å². The second-order valence-electron chi connectivity index (χ2n) is 6.49. The van der Waals surface area contributed by atoms with Crippen LogP contribution in [0.2, 0.25) is 0 Å². The van der Waals surface area contributed by atoms with Gasteiger partial charge in [0.05, 0.1) is 18.4 Å². The zero-order valence-electron chi connectivity index (χ0n) is 15.0. The van der Waals surface area contributed by atoms with E-state index in [0.29, 0.717) is 22.6 Å². The van der Waals surface area contributed by atoms with Crippen LogP contribution in [0.1, 0.15) is 33.8 Å². The lowest BCUT2D eigenvalue weighted by atomic mass is 10.1. The number of para-hydroxylation sites is 2. The van der Waals surface area contributed by atoms with Crippen molar-refractivity contribution in [1.29, 1.82) is 0 Å². The van der Waals surface area contributed by atoms with E-state index in [1.165, 1.54) is 0 Å². The summed E-state index contributed by atoms with van der Waals surface area (Å²) >= 11 is 0. The number of methoxy groups -OCH3 is 1. The summed E-state index contributed by atoms with van der Waals surface area (Å²) in [7, 11) is 1.55. The number of ether oxygens (including phenoxy) is 1. The van der Waals surface area contributed by atoms with Crippen molar-refractivity contribution in [3.05, 3.63) is 59.9 Å². The van der Waals surface area contributed by atoms with Crippen molar-refractivity contribution in [2.75, 3.05) is 25.5 Å². The molecule has 2 amide bonds. The van der Waals surface area contributed by atoms with Gasteiger partial charge in [-0.1, -0.05) is 24.3 Å². The van der Waals surface area contributed by atoms with Crippen LogP contribution in [0.3, 0.4) is 0 Å². The summed E-state index contributed by atoms with van der Waals surface area (Å²) in [6.07, 6.45) is 2.03. The Morgan fingerprint density at radius 1 is 1.07 bits per heavy atom. The van der Waals surface area contributed by atoms with Crippen LogP contribution in [0.15, 0.2) is 52.9 Å². The Hall–Kier alpha value is -3.28. The first-order chi connectivity index (χ1) is 13.2. The minimum absolute atomic E-state index is 0.0605. The summed E-state index contributed by atoms with van der Waals surface area (Å²) in [4.78, 5) is 27.3. The maximum atomic E-state index is 12.7. The van der Waals surface area contributed by atoms with Crippen LogP contribution in [0, 0.1) is 0 Å². The number of hydrogen-bond acceptors (Lipinski definition) is 4. The minimum atomic E-state index is -0.407. The molecule has 0 radical (unpaired) electrons. The highest BCUT2D eigenvalue weighted by Crippen LogP contribution is 2.29. The maximum absolute atomic E-state index is 12.7. The molecule has 138 valence electrons. The van der Waals surface area contributed by atoms with E-state index in [1.807, 2.05) is 17.0 Å². The molecule has 1 aliphatic rings. The molecule has 0 aliphatic carbocycles. The standard InChI is InChI=1S/C21H20N2O4/c1-26-17-10-6-7-14-13-18(27-19(14)17)20(24)22-16-9-3-2-8-15(16)21(25)23-11-4-5-12-23/h2-3,6-10,13H,4-5,11-12H2,1H3,(H,22,24). The van der Waals surface area contributed by atoms with Gasteiger partial charge in [-0.2, -0.15) is 0 Å². The first-order valence-corrected chi connectivity index (χ1v) is 8.93. The lowest BCUT2D eigenvalue weighted by Gasteiger charge is -2.17. The molecule has 1 saturated heterocycles. The van der Waals surface area contributed by atoms with Crippen molar-refractivity contribution < 1.29 is 18.7 Å². The fraction of sp³-hybridized carbons (Fsp3) is 0.238. The van der Waals surface area contributed by atoms with E-state index in [9.17, 15) is 9.59 Å². The van der Waals surface area contributed by atoms with Crippen LogP contribution in [0.5, 0.6) is 5.75 Å². The average molecular weight is 364 g/mol. The third kappa shape index (κ3) is 3.26. The summed E-state index contributed by atoms with van der Waals surface area (Å²) in [6, 6.07) is 14.2. The molecule has 0 atom stereocenters. The first-order valence-electron chi connectivity index (χ1n) is 8.93. The number of fused-ring (bicyclic) bond motifs is 1. The number of anilines is 1. The molecule has 1 aromatic heterocycles. The largest absolute Gasteiger partial charge is 0.493 e. The Morgan fingerprint density at radius 3 is 2.63 bits per heavy atom. The van der Waals surface area contributed by atoms with Gasteiger partial charge in [-0.3, -0.25) is 9.59 Å². The van der Waals surface area contributed by atoms with Crippen molar-refractivity contribution in [3.63, 3.8) is 0 Å². The zero-order chi connectivity index (χ0) is 18.8. The zero-order valence-corrected chi connectivity index (χ0v) is 15.0. The number of rotatable bonds is 4. The number of carbonyl (C=O) groups excluding carboxylic acids is 2. The normalized spacial score (nSPS) is 13.7. The van der Waals surface area contributed by atoms with E-state index in [1.54, 1.807) is 43.5 Å². The van der Waals surface area contributed by atoms with E-state index in [0.717, 1.165) is 31.3 Å². The highest BCUT2D eigenvalue weighted by atomic mass is 16.5. The van der Waals surface area contributed by atoms with E-state index >= 15 is 0 Å². The molecule has 1 aliphatic heterocycles. The third-order valence-electron chi connectivity index (χ3n) is 4.75. The molecule has 6 nitrogen and oxygen atoms in total. The van der Waals surface area contributed by atoms with Gasteiger partial charge in [0.1, 0.15) is 0 Å². The molecule has 2 aromatic carbocycles. The number of carbonyl (C=O) groups is 2. The average Bonchev–Trinajstić information content (AvgIpc) is 3.37. The third-order valence-corrected chi connectivity index (χ3v) is 4.75. The Bertz CT molecular complexity index is 1000. The summed E-state index contributed by atoms with van der Waals surface area (Å²) in [5.74, 6) is 0.263. The molecule has 0 spiro atoms. The molecule has 3 aromatic rings. The van der Waals surface area contributed by atoms with Crippen LogP contribution >= 0.6 is 0 Å². The fourth-order valence-corrected chi connectivity index (χ4v) is 3.36. The van der Waals surface area contributed by atoms with Crippen molar-refractivity contribution in [1.82, 2.24) is 4.90 Å². The molecule has 4 rings (SSSR count). The van der Waals surface area contributed by atoms with Crippen LogP contribution in [0.4, 0.5) is 5.69 Å². The number of nitrogens with one attached hydrogen (secondary N) is 1. The summed E-state index contributed by atoms with van der Waals surface area (Å²) in [5.41, 5.74) is 1.49. The van der Waals surface area contributed by atoms with Crippen LogP contribution in [-0.2, 0) is 0 Å². The lowest BCUT2D eigenvalue weighted by molar-refractivity contribution is 0.0794. The van der Waals surface area contributed by atoms with Crippen molar-refractivity contribution in [2.24, 2.45) is 0 Å². The Balaban J connectivity index is 1.61. The van der Waals surface area contributed by atoms with Gasteiger partial charge in [0.15, 0.2) is 17.1 Å². The SMILES string of the molecule is COc1cccc2cc(C(=O)Nc3ccccc3C(=O)N3CCCC3)oc12. The predicted molar refractivity (Wildman–Crippen MR) is 102 cm³/mol. The Labute approximate surface area is 156 Å². The van der Waals surface area contributed by atoms with Gasteiger partial charge in [0.2, 0.25) is 0 Å². The minimum Gasteiger partial charge on any atom is -0.493 e. The van der Waals surface area contributed by atoms with Crippen molar-refractivity contribution >= 4 is 28.5 Å². The summed E-state index contributed by atoms with van der Waals surface area (Å²) in [6.45, 7) is 1.51.